The van der Waals surface area contributed by atoms with Crippen LogP contribution in [0.15, 0.2) is 136 Å². The molecule has 3 aliphatic rings. The van der Waals surface area contributed by atoms with Crippen molar-refractivity contribution in [1.82, 2.24) is 4.90 Å². The zero-order valence-electron chi connectivity index (χ0n) is 22.1. The molecule has 0 aromatic heterocycles. The van der Waals surface area contributed by atoms with Gasteiger partial charge >= 0.3 is 0 Å². The summed E-state index contributed by atoms with van der Waals surface area (Å²) in [6.45, 7) is 2.95. The molecule has 40 heavy (non-hydrogen) atoms. The van der Waals surface area contributed by atoms with Crippen molar-refractivity contribution >= 4 is 29.2 Å². The van der Waals surface area contributed by atoms with Crippen molar-refractivity contribution in [2.24, 2.45) is 0 Å². The van der Waals surface area contributed by atoms with Crippen molar-refractivity contribution in [2.75, 3.05) is 18.4 Å². The highest BCUT2D eigenvalue weighted by molar-refractivity contribution is 8.00. The molecule has 1 atom stereocenters. The van der Waals surface area contributed by atoms with E-state index in [0.717, 1.165) is 31.0 Å². The highest BCUT2D eigenvalue weighted by Crippen LogP contribution is 2.36. The summed E-state index contributed by atoms with van der Waals surface area (Å²) in [5.41, 5.74) is 4.91. The van der Waals surface area contributed by atoms with Crippen LogP contribution in [0.3, 0.4) is 0 Å². The third kappa shape index (κ3) is 5.60. The number of rotatable bonds is 6. The molecular weight excluding hydrogens is 533 g/mol. The Kier molecular flexibility index (Phi) is 7.19. The van der Waals surface area contributed by atoms with Gasteiger partial charge in [0.15, 0.2) is 13.5 Å². The summed E-state index contributed by atoms with van der Waals surface area (Å²) in [5, 5.41) is 0.443. The van der Waals surface area contributed by atoms with Gasteiger partial charge in [0.2, 0.25) is 0 Å². The first-order valence-corrected chi connectivity index (χ1v) is 15.3. The van der Waals surface area contributed by atoms with Crippen molar-refractivity contribution in [3.05, 3.63) is 132 Å². The normalized spacial score (nSPS) is 17.8. The van der Waals surface area contributed by atoms with Crippen molar-refractivity contribution in [3.8, 4) is 11.5 Å². The fraction of sp³-hybridized carbons (Fsp3) is 0.176. The molecule has 0 fully saturated rings. The van der Waals surface area contributed by atoms with Gasteiger partial charge in [0.1, 0.15) is 11.5 Å². The van der Waals surface area contributed by atoms with Crippen LogP contribution in [0.25, 0.3) is 0 Å². The standard InChI is InChI=1S/C34H30N2O2S2/c1-3-7-33-25(5-1)21-35(23-37-33)27-9-13-29(14-10-27)39-31-17-19-32(20-18-31)40-30-15-11-28(12-16-30)36-22-26-6-2-4-8-34(26)38-24-36/h1-15,17-20,30H,16,21-24H2. The van der Waals surface area contributed by atoms with Crippen LogP contribution in [-0.4, -0.2) is 23.6 Å². The van der Waals surface area contributed by atoms with Gasteiger partial charge in [0, 0.05) is 55.5 Å². The Morgan fingerprint density at radius 2 is 1.20 bits per heavy atom. The third-order valence-electron chi connectivity index (χ3n) is 7.37. The molecule has 0 saturated carbocycles. The van der Waals surface area contributed by atoms with Gasteiger partial charge in [-0.15, -0.1) is 11.8 Å². The van der Waals surface area contributed by atoms with Crippen LogP contribution in [0.2, 0.25) is 0 Å². The van der Waals surface area contributed by atoms with Crippen molar-refractivity contribution in [1.29, 1.82) is 0 Å². The molecular formula is C34H30N2O2S2. The summed E-state index contributed by atoms with van der Waals surface area (Å²) >= 11 is 3.72. The molecule has 4 nitrogen and oxygen atoms in total. The lowest BCUT2D eigenvalue weighted by atomic mass is 10.1. The molecule has 0 bridgehead atoms. The van der Waals surface area contributed by atoms with Gasteiger partial charge in [-0.25, -0.2) is 0 Å². The highest BCUT2D eigenvalue weighted by Gasteiger charge is 2.20. The third-order valence-corrected chi connectivity index (χ3v) is 9.59. The second-order valence-electron chi connectivity index (χ2n) is 10.1. The van der Waals surface area contributed by atoms with Gasteiger partial charge in [-0.3, -0.25) is 0 Å². The first kappa shape index (κ1) is 25.2. The number of nitrogens with zero attached hydrogens (tertiary/aromatic N) is 2. The molecule has 0 spiro atoms. The zero-order valence-corrected chi connectivity index (χ0v) is 23.7. The molecule has 4 aromatic rings. The van der Waals surface area contributed by atoms with E-state index >= 15 is 0 Å². The maximum atomic E-state index is 5.95. The monoisotopic (exact) mass is 562 g/mol. The van der Waals surface area contributed by atoms with Crippen LogP contribution >= 0.6 is 23.5 Å². The average Bonchev–Trinajstić information content (AvgIpc) is 3.02. The fourth-order valence-electron chi connectivity index (χ4n) is 5.21. The molecule has 7 rings (SSSR count). The minimum atomic E-state index is 0.443. The van der Waals surface area contributed by atoms with Gasteiger partial charge < -0.3 is 19.3 Å². The Labute approximate surface area is 244 Å². The van der Waals surface area contributed by atoms with Crippen molar-refractivity contribution in [2.45, 2.75) is 39.4 Å². The predicted octanol–water partition coefficient (Wildman–Crippen LogP) is 8.35. The molecule has 0 amide bonds. The summed E-state index contributed by atoms with van der Waals surface area (Å²) in [7, 11) is 0. The summed E-state index contributed by atoms with van der Waals surface area (Å²) in [6, 6.07) is 34.3. The van der Waals surface area contributed by atoms with Crippen LogP contribution in [0, 0.1) is 0 Å². The van der Waals surface area contributed by atoms with Gasteiger partial charge in [-0.05, 0) is 73.2 Å². The molecule has 2 heterocycles. The van der Waals surface area contributed by atoms with Crippen molar-refractivity contribution < 1.29 is 9.47 Å². The molecule has 4 aromatic carbocycles. The Balaban J connectivity index is 0.914. The number of thioether (sulfide) groups is 1. The van der Waals surface area contributed by atoms with Crippen LogP contribution < -0.4 is 14.4 Å². The molecule has 200 valence electrons. The molecule has 1 aliphatic carbocycles. The number of anilines is 1. The summed E-state index contributed by atoms with van der Waals surface area (Å²) in [5.74, 6) is 2.00. The smallest absolute Gasteiger partial charge is 0.161 e. The van der Waals surface area contributed by atoms with Crippen LogP contribution in [0.1, 0.15) is 17.5 Å². The van der Waals surface area contributed by atoms with E-state index in [0.29, 0.717) is 18.7 Å². The minimum absolute atomic E-state index is 0.443. The first-order valence-electron chi connectivity index (χ1n) is 13.6. The molecule has 1 unspecified atom stereocenters. The lowest BCUT2D eigenvalue weighted by molar-refractivity contribution is 0.131. The number of ether oxygens (including phenoxy) is 2. The van der Waals surface area contributed by atoms with Crippen LogP contribution in [0.5, 0.6) is 11.5 Å². The largest absolute Gasteiger partial charge is 0.473 e. The van der Waals surface area contributed by atoms with Gasteiger partial charge in [-0.1, -0.05) is 60.3 Å². The van der Waals surface area contributed by atoms with E-state index in [1.165, 1.54) is 37.2 Å². The van der Waals surface area contributed by atoms with Gasteiger partial charge in [0.25, 0.3) is 0 Å². The Bertz CT molecular complexity index is 1550. The van der Waals surface area contributed by atoms with E-state index in [1.807, 2.05) is 30.0 Å². The van der Waals surface area contributed by atoms with E-state index in [4.69, 9.17) is 9.47 Å². The molecule has 0 saturated heterocycles. The minimum Gasteiger partial charge on any atom is -0.473 e. The second kappa shape index (κ2) is 11.4. The van der Waals surface area contributed by atoms with E-state index in [-0.39, 0.29) is 0 Å². The van der Waals surface area contributed by atoms with E-state index < -0.39 is 0 Å². The molecule has 0 radical (unpaired) electrons. The Hall–Kier alpha value is -3.74. The van der Waals surface area contributed by atoms with Crippen LogP contribution in [0.4, 0.5) is 5.69 Å². The second-order valence-corrected chi connectivity index (χ2v) is 12.6. The highest BCUT2D eigenvalue weighted by atomic mass is 32.2. The zero-order chi connectivity index (χ0) is 26.7. The van der Waals surface area contributed by atoms with Crippen molar-refractivity contribution in [3.63, 3.8) is 0 Å². The Morgan fingerprint density at radius 1 is 0.625 bits per heavy atom. The number of fused-ring (bicyclic) bond motifs is 2. The summed E-state index contributed by atoms with van der Waals surface area (Å²) < 4.78 is 11.9. The van der Waals surface area contributed by atoms with E-state index in [1.54, 1.807) is 11.8 Å². The molecule has 0 N–H and O–H groups in total. The SMILES string of the molecule is C1=CC(Sc2ccc(Sc3ccc(N4COc5ccccc5C4)cc3)cc2)CC=C1N1COc2ccccc2C1. The van der Waals surface area contributed by atoms with Crippen LogP contribution in [-0.2, 0) is 13.1 Å². The number of hydrogen-bond acceptors (Lipinski definition) is 6. The summed E-state index contributed by atoms with van der Waals surface area (Å²) in [6.07, 6.45) is 7.95. The maximum Gasteiger partial charge on any atom is 0.161 e. The molecule has 2 aliphatic heterocycles. The van der Waals surface area contributed by atoms with Gasteiger partial charge in [-0.2, -0.15) is 0 Å². The fourth-order valence-corrected chi connectivity index (χ4v) is 7.02. The number of allylic oxidation sites excluding steroid dienone is 2. The number of benzene rings is 4. The lowest BCUT2D eigenvalue weighted by Crippen LogP contribution is -2.31. The van der Waals surface area contributed by atoms with Gasteiger partial charge in [0.05, 0.1) is 0 Å². The quantitative estimate of drug-likeness (QED) is 0.234. The average molecular weight is 563 g/mol. The van der Waals surface area contributed by atoms with E-state index in [9.17, 15) is 0 Å². The molecule has 6 heteroatoms. The van der Waals surface area contributed by atoms with E-state index in [2.05, 4.69) is 107 Å². The number of para-hydroxylation sites is 2. The maximum absolute atomic E-state index is 5.95. The Morgan fingerprint density at radius 3 is 1.85 bits per heavy atom. The summed E-state index contributed by atoms with van der Waals surface area (Å²) in [4.78, 5) is 8.35. The predicted molar refractivity (Wildman–Crippen MR) is 164 cm³/mol. The number of hydrogen-bond donors (Lipinski definition) is 0. The lowest BCUT2D eigenvalue weighted by Gasteiger charge is -2.32. The first-order chi connectivity index (χ1) is 19.8. The topological polar surface area (TPSA) is 24.9 Å².